The molecule has 0 atom stereocenters. The maximum atomic E-state index is 13.1. The van der Waals surface area contributed by atoms with Gasteiger partial charge in [-0.2, -0.15) is 0 Å². The number of benzene rings is 3. The molecule has 10 heteroatoms. The molecule has 0 fully saturated rings. The molecule has 0 aliphatic heterocycles. The van der Waals surface area contributed by atoms with E-state index in [1.165, 1.54) is 10.7 Å². The van der Waals surface area contributed by atoms with Crippen molar-refractivity contribution in [2.45, 2.75) is 6.92 Å². The Morgan fingerprint density at radius 3 is 2.29 bits per heavy atom. The summed E-state index contributed by atoms with van der Waals surface area (Å²) in [6, 6.07) is 18.4. The summed E-state index contributed by atoms with van der Waals surface area (Å²) in [6.45, 7) is 1.86. The molecule has 0 aliphatic rings. The van der Waals surface area contributed by atoms with Crippen LogP contribution in [0, 0.1) is 6.92 Å². The number of anilines is 2. The highest BCUT2D eigenvalue weighted by molar-refractivity contribution is 6.46. The summed E-state index contributed by atoms with van der Waals surface area (Å²) in [6.07, 6.45) is 0. The SMILES string of the molecule is Cc1ccccc1NC(=O)c1cc2cc(Cl)ccc2n1NC(=O)C(=O)Nc1cccc(Cl)c1Cl. The smallest absolute Gasteiger partial charge is 0.320 e. The summed E-state index contributed by atoms with van der Waals surface area (Å²) < 4.78 is 1.24. The Labute approximate surface area is 209 Å². The third-order valence-electron chi connectivity index (χ3n) is 5.01. The normalized spacial score (nSPS) is 10.7. The van der Waals surface area contributed by atoms with Crippen molar-refractivity contribution in [3.8, 4) is 0 Å². The van der Waals surface area contributed by atoms with Crippen LogP contribution in [0.4, 0.5) is 11.4 Å². The average molecular weight is 516 g/mol. The molecule has 4 rings (SSSR count). The first kappa shape index (κ1) is 23.6. The van der Waals surface area contributed by atoms with Gasteiger partial charge in [-0.25, -0.2) is 4.68 Å². The van der Waals surface area contributed by atoms with Crippen molar-refractivity contribution in [3.05, 3.63) is 93.1 Å². The molecule has 3 N–H and O–H groups in total. The second-order valence-corrected chi connectivity index (χ2v) is 8.56. The average Bonchev–Trinajstić information content (AvgIpc) is 3.15. The summed E-state index contributed by atoms with van der Waals surface area (Å²) in [5.41, 5.74) is 4.70. The maximum Gasteiger partial charge on any atom is 0.328 e. The lowest BCUT2D eigenvalue weighted by Crippen LogP contribution is -2.36. The van der Waals surface area contributed by atoms with Gasteiger partial charge in [-0.3, -0.25) is 19.8 Å². The monoisotopic (exact) mass is 514 g/mol. The first-order valence-corrected chi connectivity index (χ1v) is 11.1. The number of amides is 3. The summed E-state index contributed by atoms with van der Waals surface area (Å²) in [7, 11) is 0. The van der Waals surface area contributed by atoms with Crippen molar-refractivity contribution in [3.63, 3.8) is 0 Å². The van der Waals surface area contributed by atoms with Gasteiger partial charge in [-0.15, -0.1) is 0 Å². The molecule has 0 spiro atoms. The fourth-order valence-corrected chi connectivity index (χ4v) is 3.83. The van der Waals surface area contributed by atoms with Gasteiger partial charge < -0.3 is 10.6 Å². The number of nitrogens with one attached hydrogen (secondary N) is 3. The molecule has 172 valence electrons. The molecular formula is C24H17Cl3N4O3. The zero-order valence-electron chi connectivity index (χ0n) is 17.7. The van der Waals surface area contributed by atoms with E-state index in [0.717, 1.165) is 5.56 Å². The van der Waals surface area contributed by atoms with Crippen LogP contribution in [-0.2, 0) is 9.59 Å². The van der Waals surface area contributed by atoms with Crippen LogP contribution in [0.1, 0.15) is 16.1 Å². The van der Waals surface area contributed by atoms with Gasteiger partial charge in [0.1, 0.15) is 5.69 Å². The summed E-state index contributed by atoms with van der Waals surface area (Å²) in [5, 5.41) is 6.61. The zero-order valence-corrected chi connectivity index (χ0v) is 19.9. The van der Waals surface area contributed by atoms with Crippen LogP contribution in [0.15, 0.2) is 66.7 Å². The number of carbonyl (C=O) groups excluding carboxylic acids is 3. The van der Waals surface area contributed by atoms with Crippen LogP contribution in [0.25, 0.3) is 10.9 Å². The van der Waals surface area contributed by atoms with E-state index in [-0.39, 0.29) is 21.4 Å². The minimum Gasteiger partial charge on any atom is -0.320 e. The molecule has 0 radical (unpaired) electrons. The summed E-state index contributed by atoms with van der Waals surface area (Å²) in [5.74, 6) is -2.50. The number of halogens is 3. The molecule has 34 heavy (non-hydrogen) atoms. The molecule has 3 aromatic carbocycles. The van der Waals surface area contributed by atoms with E-state index in [4.69, 9.17) is 34.8 Å². The van der Waals surface area contributed by atoms with Crippen molar-refractivity contribution in [1.82, 2.24) is 4.68 Å². The van der Waals surface area contributed by atoms with Crippen LogP contribution in [0.5, 0.6) is 0 Å². The Morgan fingerprint density at radius 2 is 1.53 bits per heavy atom. The second kappa shape index (κ2) is 9.77. The number of hydrogen-bond donors (Lipinski definition) is 3. The number of hydrogen-bond acceptors (Lipinski definition) is 3. The lowest BCUT2D eigenvalue weighted by Gasteiger charge is -2.14. The van der Waals surface area contributed by atoms with Crippen molar-refractivity contribution in [2.24, 2.45) is 0 Å². The molecule has 0 bridgehead atoms. The van der Waals surface area contributed by atoms with Crippen molar-refractivity contribution in [2.75, 3.05) is 16.1 Å². The first-order valence-electron chi connectivity index (χ1n) is 9.99. The van der Waals surface area contributed by atoms with Crippen LogP contribution in [0.3, 0.4) is 0 Å². The molecule has 0 aliphatic carbocycles. The number of nitrogens with zero attached hydrogens (tertiary/aromatic N) is 1. The van der Waals surface area contributed by atoms with Gasteiger partial charge in [0.2, 0.25) is 0 Å². The molecule has 0 saturated carbocycles. The van der Waals surface area contributed by atoms with Crippen LogP contribution in [0.2, 0.25) is 15.1 Å². The van der Waals surface area contributed by atoms with E-state index >= 15 is 0 Å². The Balaban J connectivity index is 1.65. The number of rotatable bonds is 4. The summed E-state index contributed by atoms with van der Waals surface area (Å²) >= 11 is 18.1. The highest BCUT2D eigenvalue weighted by Gasteiger charge is 2.22. The molecule has 1 aromatic heterocycles. The topological polar surface area (TPSA) is 92.2 Å². The number of aromatic nitrogens is 1. The third-order valence-corrected chi connectivity index (χ3v) is 6.06. The summed E-state index contributed by atoms with van der Waals surface area (Å²) in [4.78, 5) is 38.4. The van der Waals surface area contributed by atoms with E-state index in [0.29, 0.717) is 21.6 Å². The predicted octanol–water partition coefficient (Wildman–Crippen LogP) is 5.87. The molecule has 0 unspecified atom stereocenters. The first-order chi connectivity index (χ1) is 16.2. The van der Waals surface area contributed by atoms with Crippen molar-refractivity contribution < 1.29 is 14.4 Å². The Morgan fingerprint density at radius 1 is 0.794 bits per heavy atom. The predicted molar refractivity (Wildman–Crippen MR) is 136 cm³/mol. The highest BCUT2D eigenvalue weighted by atomic mass is 35.5. The van der Waals surface area contributed by atoms with E-state index in [1.807, 2.05) is 19.1 Å². The van der Waals surface area contributed by atoms with Gasteiger partial charge in [0.15, 0.2) is 0 Å². The molecule has 4 aromatic rings. The van der Waals surface area contributed by atoms with Crippen LogP contribution >= 0.6 is 34.8 Å². The number of aryl methyl sites for hydroxylation is 1. The van der Waals surface area contributed by atoms with Crippen LogP contribution < -0.4 is 16.1 Å². The Hall–Kier alpha value is -3.52. The van der Waals surface area contributed by atoms with Gasteiger partial charge in [-0.05, 0) is 55.0 Å². The lowest BCUT2D eigenvalue weighted by molar-refractivity contribution is -0.133. The maximum absolute atomic E-state index is 13.1. The minimum atomic E-state index is -1.02. The van der Waals surface area contributed by atoms with Gasteiger partial charge in [0, 0.05) is 16.1 Å². The molecular weight excluding hydrogens is 499 g/mol. The van der Waals surface area contributed by atoms with Gasteiger partial charge in [-0.1, -0.05) is 59.1 Å². The highest BCUT2D eigenvalue weighted by Crippen LogP contribution is 2.29. The second-order valence-electron chi connectivity index (χ2n) is 7.33. The van der Waals surface area contributed by atoms with E-state index < -0.39 is 17.7 Å². The largest absolute Gasteiger partial charge is 0.328 e. The van der Waals surface area contributed by atoms with Gasteiger partial charge >= 0.3 is 11.8 Å². The van der Waals surface area contributed by atoms with Crippen molar-refractivity contribution in [1.29, 1.82) is 0 Å². The molecule has 1 heterocycles. The molecule has 7 nitrogen and oxygen atoms in total. The Bertz CT molecular complexity index is 1450. The lowest BCUT2D eigenvalue weighted by atomic mass is 10.2. The fraction of sp³-hybridized carbons (Fsp3) is 0.0417. The molecule has 0 saturated heterocycles. The van der Waals surface area contributed by atoms with E-state index in [1.54, 1.807) is 48.5 Å². The van der Waals surface area contributed by atoms with E-state index in [9.17, 15) is 14.4 Å². The Kier molecular flexibility index (Phi) is 6.79. The van der Waals surface area contributed by atoms with E-state index in [2.05, 4.69) is 16.1 Å². The molecule has 3 amide bonds. The van der Waals surface area contributed by atoms with Gasteiger partial charge in [0.25, 0.3) is 5.91 Å². The van der Waals surface area contributed by atoms with Crippen molar-refractivity contribution >= 4 is 74.8 Å². The minimum absolute atomic E-state index is 0.0995. The quantitative estimate of drug-likeness (QED) is 0.297. The fourth-order valence-electron chi connectivity index (χ4n) is 3.31. The number of fused-ring (bicyclic) bond motifs is 1. The number of para-hydroxylation sites is 1. The zero-order chi connectivity index (χ0) is 24.4. The number of carbonyl (C=O) groups is 3. The van der Waals surface area contributed by atoms with Gasteiger partial charge in [0.05, 0.1) is 21.2 Å². The van der Waals surface area contributed by atoms with Crippen LogP contribution in [-0.4, -0.2) is 22.4 Å². The third kappa shape index (κ3) is 4.87. The standard InChI is InChI=1S/C24H17Cl3N4O3/c1-13-5-2-3-7-17(13)28-22(32)20-12-14-11-15(25)9-10-19(14)31(20)30-24(34)23(33)29-18-8-4-6-16(26)21(18)27/h2-12H,1H3,(H,28,32)(H,29,33)(H,30,34).